The predicted molar refractivity (Wildman–Crippen MR) is 67.3 cm³/mol. The van der Waals surface area contributed by atoms with E-state index in [0.29, 0.717) is 6.07 Å². The topological polar surface area (TPSA) is 38.3 Å². The molecule has 0 aliphatic rings. The maximum atomic E-state index is 13.5. The van der Waals surface area contributed by atoms with Crippen molar-refractivity contribution >= 4 is 11.6 Å². The number of rotatable bonds is 4. The number of carbonyl (C=O) groups is 1. The molecule has 0 aliphatic carbocycles. The Bertz CT molecular complexity index is 706. The van der Waals surface area contributed by atoms with Crippen LogP contribution in [0.25, 0.3) is 0 Å². The highest BCUT2D eigenvalue weighted by atomic mass is 19.3. The van der Waals surface area contributed by atoms with Crippen LogP contribution in [0.1, 0.15) is 10.4 Å². The van der Waals surface area contributed by atoms with Crippen molar-refractivity contribution in [3.05, 3.63) is 59.4 Å². The maximum Gasteiger partial charge on any atom is 0.387 e. The molecule has 8 heteroatoms. The predicted octanol–water partition coefficient (Wildman–Crippen LogP) is 3.96. The van der Waals surface area contributed by atoms with Crippen molar-refractivity contribution in [1.82, 2.24) is 0 Å². The van der Waals surface area contributed by atoms with Gasteiger partial charge in [0.25, 0.3) is 5.91 Å². The van der Waals surface area contributed by atoms with Crippen molar-refractivity contribution in [3.8, 4) is 5.75 Å². The molecule has 2 aromatic carbocycles. The van der Waals surface area contributed by atoms with Crippen LogP contribution in [-0.4, -0.2) is 12.5 Å². The zero-order chi connectivity index (χ0) is 16.3. The number of nitrogens with one attached hydrogen (secondary N) is 1. The lowest BCUT2D eigenvalue weighted by atomic mass is 10.2. The average Bonchev–Trinajstić information content (AvgIpc) is 2.41. The lowest BCUT2D eigenvalue weighted by molar-refractivity contribution is -0.0521. The third kappa shape index (κ3) is 3.72. The van der Waals surface area contributed by atoms with Gasteiger partial charge in [-0.1, -0.05) is 0 Å². The fourth-order valence-corrected chi connectivity index (χ4v) is 1.64. The number of amides is 1. The van der Waals surface area contributed by atoms with Crippen molar-refractivity contribution in [3.63, 3.8) is 0 Å². The number of alkyl halides is 2. The number of halogens is 5. The summed E-state index contributed by atoms with van der Waals surface area (Å²) in [4.78, 5) is 11.8. The molecule has 0 aliphatic heterocycles. The molecule has 116 valence electrons. The van der Waals surface area contributed by atoms with E-state index in [0.717, 1.165) is 30.3 Å². The van der Waals surface area contributed by atoms with Crippen molar-refractivity contribution in [2.45, 2.75) is 6.61 Å². The van der Waals surface area contributed by atoms with Crippen molar-refractivity contribution in [2.75, 3.05) is 5.32 Å². The molecule has 1 amide bonds. The van der Waals surface area contributed by atoms with Crippen molar-refractivity contribution in [2.24, 2.45) is 0 Å². The molecule has 0 heterocycles. The lowest BCUT2D eigenvalue weighted by Gasteiger charge is -2.09. The van der Waals surface area contributed by atoms with Gasteiger partial charge in [0.1, 0.15) is 11.6 Å². The first-order valence-electron chi connectivity index (χ1n) is 5.87. The molecular weight excluding hydrogens is 309 g/mol. The van der Waals surface area contributed by atoms with Gasteiger partial charge in [0.05, 0.1) is 5.56 Å². The highest BCUT2D eigenvalue weighted by molar-refractivity contribution is 6.04. The van der Waals surface area contributed by atoms with E-state index in [9.17, 15) is 26.7 Å². The van der Waals surface area contributed by atoms with E-state index in [4.69, 9.17) is 0 Å². The largest absolute Gasteiger partial charge is 0.432 e. The van der Waals surface area contributed by atoms with Gasteiger partial charge in [0, 0.05) is 17.8 Å². The summed E-state index contributed by atoms with van der Waals surface area (Å²) in [5.41, 5.74) is -0.553. The minimum absolute atomic E-state index is 0.104. The molecule has 0 fully saturated rings. The van der Waals surface area contributed by atoms with Crippen molar-refractivity contribution in [1.29, 1.82) is 0 Å². The van der Waals surface area contributed by atoms with Gasteiger partial charge in [-0.15, -0.1) is 0 Å². The normalized spacial score (nSPS) is 10.6. The molecule has 0 atom stereocenters. The first kappa shape index (κ1) is 15.7. The summed E-state index contributed by atoms with van der Waals surface area (Å²) in [6.07, 6.45) is 0. The molecule has 0 saturated heterocycles. The molecule has 0 unspecified atom stereocenters. The molecule has 2 rings (SSSR count). The number of carbonyl (C=O) groups excluding carboxylic acids is 1. The van der Waals surface area contributed by atoms with Gasteiger partial charge >= 0.3 is 6.61 Å². The highest BCUT2D eigenvalue weighted by Gasteiger charge is 2.15. The minimum Gasteiger partial charge on any atom is -0.432 e. The van der Waals surface area contributed by atoms with Crippen LogP contribution in [0, 0.1) is 17.5 Å². The quantitative estimate of drug-likeness (QED) is 0.867. The molecular formula is C14H8F5NO2. The number of hydrogen-bond donors (Lipinski definition) is 1. The second-order valence-corrected chi connectivity index (χ2v) is 4.10. The van der Waals surface area contributed by atoms with Crippen LogP contribution >= 0.6 is 0 Å². The van der Waals surface area contributed by atoms with Gasteiger partial charge in [0.2, 0.25) is 0 Å². The second-order valence-electron chi connectivity index (χ2n) is 4.10. The fraction of sp³-hybridized carbons (Fsp3) is 0.0714. The van der Waals surface area contributed by atoms with E-state index in [1.165, 1.54) is 0 Å². The van der Waals surface area contributed by atoms with E-state index >= 15 is 0 Å². The van der Waals surface area contributed by atoms with Crippen molar-refractivity contribution < 1.29 is 31.5 Å². The summed E-state index contributed by atoms with van der Waals surface area (Å²) in [5, 5.41) is 2.16. The van der Waals surface area contributed by atoms with E-state index < -0.39 is 41.3 Å². The van der Waals surface area contributed by atoms with E-state index in [1.807, 2.05) is 0 Å². The number of hydrogen-bond acceptors (Lipinski definition) is 2. The standard InChI is InChI=1S/C14H8F5NO2/c15-7-1-3-9(10(16)5-7)13(21)20-8-2-4-12(11(17)6-8)22-14(18)19/h1-6,14H,(H,20,21). The van der Waals surface area contributed by atoms with Gasteiger partial charge in [-0.3, -0.25) is 4.79 Å². The van der Waals surface area contributed by atoms with Crippen LogP contribution in [-0.2, 0) is 0 Å². The van der Waals surface area contributed by atoms with Crippen LogP contribution in [0.4, 0.5) is 27.6 Å². The Labute approximate surface area is 121 Å². The fourth-order valence-electron chi connectivity index (χ4n) is 1.64. The molecule has 0 saturated carbocycles. The summed E-state index contributed by atoms with van der Waals surface area (Å²) in [5.74, 6) is -4.71. The van der Waals surface area contributed by atoms with Crippen LogP contribution < -0.4 is 10.1 Å². The Morgan fingerprint density at radius 3 is 2.32 bits per heavy atom. The molecule has 2 aromatic rings. The molecule has 1 N–H and O–H groups in total. The van der Waals surface area contributed by atoms with E-state index in [2.05, 4.69) is 10.1 Å². The van der Waals surface area contributed by atoms with Crippen LogP contribution in [0.2, 0.25) is 0 Å². The molecule has 0 spiro atoms. The van der Waals surface area contributed by atoms with E-state index in [-0.39, 0.29) is 5.69 Å². The van der Waals surface area contributed by atoms with Crippen LogP contribution in [0.3, 0.4) is 0 Å². The highest BCUT2D eigenvalue weighted by Crippen LogP contribution is 2.23. The van der Waals surface area contributed by atoms with Gasteiger partial charge < -0.3 is 10.1 Å². The molecule has 0 aromatic heterocycles. The minimum atomic E-state index is -3.19. The Morgan fingerprint density at radius 2 is 1.73 bits per heavy atom. The molecule has 0 radical (unpaired) electrons. The monoisotopic (exact) mass is 317 g/mol. The SMILES string of the molecule is O=C(Nc1ccc(OC(F)F)c(F)c1)c1ccc(F)cc1F. The third-order valence-electron chi connectivity index (χ3n) is 2.58. The summed E-state index contributed by atoms with van der Waals surface area (Å²) >= 11 is 0. The third-order valence-corrected chi connectivity index (χ3v) is 2.58. The Kier molecular flexibility index (Phi) is 4.59. The summed E-state index contributed by atoms with van der Waals surface area (Å²) in [7, 11) is 0. The molecule has 3 nitrogen and oxygen atoms in total. The summed E-state index contributed by atoms with van der Waals surface area (Å²) in [6, 6.07) is 5.05. The number of ether oxygens (including phenoxy) is 1. The smallest absolute Gasteiger partial charge is 0.387 e. The zero-order valence-corrected chi connectivity index (χ0v) is 10.7. The summed E-state index contributed by atoms with van der Waals surface area (Å²) in [6.45, 7) is -3.19. The first-order valence-corrected chi connectivity index (χ1v) is 5.87. The van der Waals surface area contributed by atoms with Crippen LogP contribution in [0.15, 0.2) is 36.4 Å². The number of anilines is 1. The lowest BCUT2D eigenvalue weighted by Crippen LogP contribution is -2.14. The number of benzene rings is 2. The van der Waals surface area contributed by atoms with Crippen LogP contribution in [0.5, 0.6) is 5.75 Å². The van der Waals surface area contributed by atoms with E-state index in [1.54, 1.807) is 0 Å². The van der Waals surface area contributed by atoms with Gasteiger partial charge in [-0.25, -0.2) is 13.2 Å². The molecule has 22 heavy (non-hydrogen) atoms. The van der Waals surface area contributed by atoms with Gasteiger partial charge in [-0.2, -0.15) is 8.78 Å². The average molecular weight is 317 g/mol. The Hall–Kier alpha value is -2.64. The van der Waals surface area contributed by atoms with Gasteiger partial charge in [-0.05, 0) is 24.3 Å². The second kappa shape index (κ2) is 6.42. The van der Waals surface area contributed by atoms with Gasteiger partial charge in [0.15, 0.2) is 11.6 Å². The molecule has 0 bridgehead atoms. The summed E-state index contributed by atoms with van der Waals surface area (Å²) < 4.78 is 67.5. The Balaban J connectivity index is 2.16. The maximum absolute atomic E-state index is 13.5. The first-order chi connectivity index (χ1) is 10.4. The Morgan fingerprint density at radius 1 is 1.00 bits per heavy atom. The zero-order valence-electron chi connectivity index (χ0n) is 10.7.